The minimum atomic E-state index is 0.579. The van der Waals surface area contributed by atoms with Crippen LogP contribution in [0.1, 0.15) is 5.56 Å². The highest BCUT2D eigenvalue weighted by Gasteiger charge is 2.16. The molecule has 0 radical (unpaired) electrons. The number of anilines is 1. The van der Waals surface area contributed by atoms with Gasteiger partial charge < -0.3 is 20.3 Å². The first-order valence-corrected chi connectivity index (χ1v) is 8.89. The van der Waals surface area contributed by atoms with Crippen LogP contribution in [0.4, 0.5) is 5.82 Å². The molecule has 0 bridgehead atoms. The van der Waals surface area contributed by atoms with E-state index in [-0.39, 0.29) is 0 Å². The Labute approximate surface area is 135 Å². The molecule has 2 N–H and O–H groups in total. The van der Waals surface area contributed by atoms with E-state index in [1.54, 1.807) is 0 Å². The van der Waals surface area contributed by atoms with E-state index in [0.717, 1.165) is 62.3 Å². The zero-order valence-corrected chi connectivity index (χ0v) is 13.6. The summed E-state index contributed by atoms with van der Waals surface area (Å²) in [5.41, 5.74) is 7.26. The van der Waals surface area contributed by atoms with Crippen molar-refractivity contribution < 1.29 is 4.74 Å². The van der Waals surface area contributed by atoms with Crippen molar-refractivity contribution in [3.8, 4) is 0 Å². The standard InChI is InChI=1S/C15H23N5OS/c16-15(20-6-10-22-11-7-20)18-12-13-2-1-3-17-14(13)19-4-8-21-9-5-19/h1-3H,4-12H2,(H2,16,18). The number of thioether (sulfide) groups is 1. The van der Waals surface area contributed by atoms with E-state index in [1.165, 1.54) is 0 Å². The first kappa shape index (κ1) is 15.4. The molecule has 2 aliphatic heterocycles. The van der Waals surface area contributed by atoms with Gasteiger partial charge in [-0.05, 0) is 6.07 Å². The number of morpholine rings is 1. The molecule has 0 aromatic carbocycles. The number of nitrogens with two attached hydrogens (primary N) is 1. The third-order valence-electron chi connectivity index (χ3n) is 3.92. The van der Waals surface area contributed by atoms with Crippen molar-refractivity contribution in [3.63, 3.8) is 0 Å². The van der Waals surface area contributed by atoms with Crippen LogP contribution in [0.2, 0.25) is 0 Å². The summed E-state index contributed by atoms with van der Waals surface area (Å²) in [6.07, 6.45) is 1.84. The van der Waals surface area contributed by atoms with E-state index in [1.807, 2.05) is 24.0 Å². The molecular formula is C15H23N5OS. The van der Waals surface area contributed by atoms with Gasteiger partial charge in [0.25, 0.3) is 0 Å². The second-order valence-corrected chi connectivity index (χ2v) is 6.58. The summed E-state index contributed by atoms with van der Waals surface area (Å²) in [7, 11) is 0. The topological polar surface area (TPSA) is 67.0 Å². The lowest BCUT2D eigenvalue weighted by Crippen LogP contribution is -2.42. The predicted octanol–water partition coefficient (Wildman–Crippen LogP) is 0.782. The lowest BCUT2D eigenvalue weighted by atomic mass is 10.2. The first-order valence-electron chi connectivity index (χ1n) is 7.74. The van der Waals surface area contributed by atoms with Gasteiger partial charge in [0.2, 0.25) is 0 Å². The van der Waals surface area contributed by atoms with Gasteiger partial charge in [-0.2, -0.15) is 11.8 Å². The van der Waals surface area contributed by atoms with Crippen LogP contribution in [0.5, 0.6) is 0 Å². The summed E-state index contributed by atoms with van der Waals surface area (Å²) in [5, 5.41) is 0. The molecule has 0 amide bonds. The molecule has 7 heteroatoms. The van der Waals surface area contributed by atoms with Gasteiger partial charge in [-0.3, -0.25) is 0 Å². The Hall–Kier alpha value is -1.47. The molecule has 3 rings (SSSR count). The molecule has 6 nitrogen and oxygen atoms in total. The molecule has 2 saturated heterocycles. The van der Waals surface area contributed by atoms with Crippen molar-refractivity contribution in [2.75, 3.05) is 55.8 Å². The number of guanidine groups is 1. The van der Waals surface area contributed by atoms with Crippen molar-refractivity contribution >= 4 is 23.5 Å². The number of ether oxygens (including phenoxy) is 1. The Kier molecular flexibility index (Phi) is 5.39. The van der Waals surface area contributed by atoms with Crippen LogP contribution < -0.4 is 10.6 Å². The third-order valence-corrected chi connectivity index (χ3v) is 4.87. The Balaban J connectivity index is 1.69. The van der Waals surface area contributed by atoms with Crippen molar-refractivity contribution in [1.82, 2.24) is 9.88 Å². The van der Waals surface area contributed by atoms with Crippen molar-refractivity contribution in [2.45, 2.75) is 6.54 Å². The highest BCUT2D eigenvalue weighted by molar-refractivity contribution is 7.99. The number of rotatable bonds is 3. The summed E-state index contributed by atoms with van der Waals surface area (Å²) >= 11 is 1.97. The summed E-state index contributed by atoms with van der Waals surface area (Å²) in [6.45, 7) is 5.83. The van der Waals surface area contributed by atoms with Crippen LogP contribution in [0.3, 0.4) is 0 Å². The van der Waals surface area contributed by atoms with Crippen molar-refractivity contribution in [1.29, 1.82) is 0 Å². The molecule has 0 atom stereocenters. The Morgan fingerprint density at radius 2 is 2.05 bits per heavy atom. The van der Waals surface area contributed by atoms with Gasteiger partial charge >= 0.3 is 0 Å². The second-order valence-electron chi connectivity index (χ2n) is 5.36. The lowest BCUT2D eigenvalue weighted by molar-refractivity contribution is 0.122. The molecular weight excluding hydrogens is 298 g/mol. The molecule has 0 aliphatic carbocycles. The fourth-order valence-electron chi connectivity index (χ4n) is 2.67. The molecule has 0 unspecified atom stereocenters. The summed E-state index contributed by atoms with van der Waals surface area (Å²) in [4.78, 5) is 13.6. The van der Waals surface area contributed by atoms with E-state index in [2.05, 4.69) is 25.8 Å². The Morgan fingerprint density at radius 1 is 1.27 bits per heavy atom. The maximum absolute atomic E-state index is 6.14. The minimum Gasteiger partial charge on any atom is -0.378 e. The quantitative estimate of drug-likeness (QED) is 0.655. The van der Waals surface area contributed by atoms with Crippen LogP contribution in [0, 0.1) is 0 Å². The smallest absolute Gasteiger partial charge is 0.191 e. The van der Waals surface area contributed by atoms with E-state index < -0.39 is 0 Å². The van der Waals surface area contributed by atoms with Gasteiger partial charge in [0.1, 0.15) is 5.82 Å². The van der Waals surface area contributed by atoms with E-state index in [0.29, 0.717) is 12.5 Å². The maximum atomic E-state index is 6.14. The predicted molar refractivity (Wildman–Crippen MR) is 91.5 cm³/mol. The normalized spacial score (nSPS) is 20.3. The number of aliphatic imine (C=N–C) groups is 1. The summed E-state index contributed by atoms with van der Waals surface area (Å²) < 4.78 is 5.41. The SMILES string of the molecule is NC(=NCc1cccnc1N1CCOCC1)N1CCSCC1. The fraction of sp³-hybridized carbons (Fsp3) is 0.600. The molecule has 1 aromatic rings. The van der Waals surface area contributed by atoms with Crippen molar-refractivity contribution in [3.05, 3.63) is 23.9 Å². The molecule has 0 spiro atoms. The molecule has 2 fully saturated rings. The Morgan fingerprint density at radius 3 is 2.82 bits per heavy atom. The highest BCUT2D eigenvalue weighted by atomic mass is 32.2. The molecule has 22 heavy (non-hydrogen) atoms. The molecule has 1 aromatic heterocycles. The van der Waals surface area contributed by atoms with Gasteiger partial charge in [-0.15, -0.1) is 0 Å². The lowest BCUT2D eigenvalue weighted by Gasteiger charge is -2.29. The zero-order valence-electron chi connectivity index (χ0n) is 12.8. The van der Waals surface area contributed by atoms with Gasteiger partial charge in [-0.1, -0.05) is 6.07 Å². The van der Waals surface area contributed by atoms with Crippen molar-refractivity contribution in [2.24, 2.45) is 10.7 Å². The van der Waals surface area contributed by atoms with Gasteiger partial charge in [-0.25, -0.2) is 9.98 Å². The fourth-order valence-corrected chi connectivity index (χ4v) is 3.58. The number of pyridine rings is 1. The van der Waals surface area contributed by atoms with Gasteiger partial charge in [0, 0.05) is 49.4 Å². The molecule has 120 valence electrons. The third kappa shape index (κ3) is 3.84. The zero-order chi connectivity index (χ0) is 15.2. The highest BCUT2D eigenvalue weighted by Crippen LogP contribution is 2.19. The van der Waals surface area contributed by atoms with E-state index in [9.17, 15) is 0 Å². The average Bonchev–Trinajstić information content (AvgIpc) is 2.61. The number of hydrogen-bond donors (Lipinski definition) is 1. The molecule has 2 aliphatic rings. The van der Waals surface area contributed by atoms with E-state index in [4.69, 9.17) is 10.5 Å². The average molecular weight is 321 g/mol. The van der Waals surface area contributed by atoms with Crippen LogP contribution in [-0.4, -0.2) is 66.7 Å². The van der Waals surface area contributed by atoms with Crippen LogP contribution in [0.15, 0.2) is 23.3 Å². The maximum Gasteiger partial charge on any atom is 0.191 e. The number of aromatic nitrogens is 1. The van der Waals surface area contributed by atoms with Crippen LogP contribution >= 0.6 is 11.8 Å². The molecule has 0 saturated carbocycles. The molecule has 3 heterocycles. The van der Waals surface area contributed by atoms with Crippen LogP contribution in [0.25, 0.3) is 0 Å². The Bertz CT molecular complexity index is 512. The number of hydrogen-bond acceptors (Lipinski definition) is 5. The minimum absolute atomic E-state index is 0.579. The van der Waals surface area contributed by atoms with Gasteiger partial charge in [0.15, 0.2) is 5.96 Å². The first-order chi connectivity index (χ1) is 10.8. The summed E-state index contributed by atoms with van der Waals surface area (Å²) in [6, 6.07) is 4.04. The largest absolute Gasteiger partial charge is 0.378 e. The van der Waals surface area contributed by atoms with E-state index >= 15 is 0 Å². The second kappa shape index (κ2) is 7.69. The van der Waals surface area contributed by atoms with Crippen LogP contribution in [-0.2, 0) is 11.3 Å². The summed E-state index contributed by atoms with van der Waals surface area (Å²) in [5.74, 6) is 3.92. The van der Waals surface area contributed by atoms with Gasteiger partial charge in [0.05, 0.1) is 19.8 Å². The number of nitrogens with zero attached hydrogens (tertiary/aromatic N) is 4. The monoisotopic (exact) mass is 321 g/mol.